The zero-order valence-corrected chi connectivity index (χ0v) is 70.4. The molecule has 2 aliphatic rings. The number of hydrogen-bond donors (Lipinski definition) is 2. The number of benzene rings is 4. The molecular weight excluding hydrogens is 1480 g/mol. The maximum Gasteiger partial charge on any atom is 1.00 e. The van der Waals surface area contributed by atoms with Gasteiger partial charge in [-0.3, -0.25) is 0 Å². The van der Waals surface area contributed by atoms with Crippen LogP contribution in [0.4, 0.5) is 11.4 Å². The van der Waals surface area contributed by atoms with Gasteiger partial charge in [-0.05, 0) is 195 Å². The fourth-order valence-electron chi connectivity index (χ4n) is 10.8. The van der Waals surface area contributed by atoms with Gasteiger partial charge in [0.05, 0.1) is 26.2 Å². The number of halogens is 1. The first-order valence-corrected chi connectivity index (χ1v) is 40.7. The summed E-state index contributed by atoms with van der Waals surface area (Å²) in [7, 11) is -19.5. The van der Waals surface area contributed by atoms with E-state index in [1.165, 1.54) is 38.0 Å². The molecule has 23 nitrogen and oxygen atoms in total. The van der Waals surface area contributed by atoms with Crippen LogP contribution in [0.2, 0.25) is 0 Å². The van der Waals surface area contributed by atoms with Crippen LogP contribution in [0.1, 0.15) is 138 Å². The normalized spacial score (nSPS) is 12.6. The first-order valence-electron chi connectivity index (χ1n) is 35.0. The topological polar surface area (TPSA) is 335 Å². The fourth-order valence-corrected chi connectivity index (χ4v) is 13.9. The van der Waals surface area contributed by atoms with E-state index in [9.17, 15) is 61.7 Å². The summed E-state index contributed by atoms with van der Waals surface area (Å²) in [6, 6.07) is 21.4. The summed E-state index contributed by atoms with van der Waals surface area (Å²) in [6.07, 6.45) is 19.7. The minimum absolute atomic E-state index is 0. The molecule has 0 aromatic heterocycles. The van der Waals surface area contributed by atoms with Crippen molar-refractivity contribution in [2.75, 3.05) is 95.1 Å². The summed E-state index contributed by atoms with van der Waals surface area (Å²) in [6.45, 7) is 42.9. The zero-order chi connectivity index (χ0) is 79.0. The summed E-state index contributed by atoms with van der Waals surface area (Å²) in [5.41, 5.74) is 13.6. The standard InChI is InChI=1S/C33H41N3O7S2.C27H32N2O6S2.C12H22O2.C6H11NO2.ClH.Na/c1-7-35(8-2)27-15-11-25(12-16-27)32(26-13-17-28(18-14-26)36(9-3)10-4)30-20-19-29(23-31(30)45(40,41)42)44(38,39)34-21-22-43-33(37)24(5)6;1-5-28(6-2)22-13-9-20(10-14-22)27(21-11-15-23(16-12-21)29(7-3)8-4)25-18-17-24(36(30,31)32)19-26(25)37(33,34)35;1-5-7-8-11(6-2)9-14-12(13)10(3)4;1-5(2)6(8)9-4-3-7;;/h11-20,23,34H,5,7-10,21-22H2,1-4,6H3;9-19H,5-8H2,1-4H3,(H-,30,31,32,33,34,35);11H,3,5-9H2,1-2,4H3;1,3-4,7H2,2H3;1H;/q;;;;;+1/p-1. The molecule has 1 atom stereocenters. The Morgan fingerprint density at radius 2 is 0.860 bits per heavy atom. The van der Waals surface area contributed by atoms with Crippen LogP contribution in [-0.2, 0) is 69.0 Å². The van der Waals surface area contributed by atoms with E-state index in [2.05, 4.69) is 89.7 Å². The van der Waals surface area contributed by atoms with Crippen molar-refractivity contribution in [3.8, 4) is 0 Å². The molecule has 4 aromatic carbocycles. The Morgan fingerprint density at radius 1 is 0.505 bits per heavy atom. The van der Waals surface area contributed by atoms with Crippen molar-refractivity contribution in [2.45, 2.75) is 135 Å². The summed E-state index contributed by atoms with van der Waals surface area (Å²) in [5, 5.41) is 0. The monoisotopic (exact) mass is 1580 g/mol. The van der Waals surface area contributed by atoms with Gasteiger partial charge in [-0.2, -0.15) is 0 Å². The van der Waals surface area contributed by atoms with Gasteiger partial charge in [-0.1, -0.05) is 89.2 Å². The van der Waals surface area contributed by atoms with Crippen LogP contribution in [0.3, 0.4) is 0 Å². The largest absolute Gasteiger partial charge is 1.00 e. The second kappa shape index (κ2) is 47.7. The van der Waals surface area contributed by atoms with Crippen LogP contribution in [0.5, 0.6) is 0 Å². The molecule has 0 radical (unpaired) electrons. The molecule has 1 unspecified atom stereocenters. The van der Waals surface area contributed by atoms with Crippen LogP contribution >= 0.6 is 12.4 Å². The number of anilines is 2. The van der Waals surface area contributed by atoms with Gasteiger partial charge in [0.1, 0.15) is 69.7 Å². The third-order valence-electron chi connectivity index (χ3n) is 16.7. The third-order valence-corrected chi connectivity index (χ3v) is 20.8. The number of carbonyl (C=O) groups is 3. The Labute approximate surface area is 664 Å². The van der Waals surface area contributed by atoms with Gasteiger partial charge in [0.25, 0.3) is 0 Å². The summed E-state index contributed by atoms with van der Waals surface area (Å²) in [4.78, 5) is 34.9. The smallest absolute Gasteiger partial charge is 0.744 e. The molecule has 29 heteroatoms. The summed E-state index contributed by atoms with van der Waals surface area (Å²) in [5.74, 6) is -0.796. The van der Waals surface area contributed by atoms with Gasteiger partial charge in [0, 0.05) is 103 Å². The number of nitrogens with two attached hydrogens (primary N) is 1. The zero-order valence-electron chi connectivity index (χ0n) is 64.3. The SMILES string of the molecule is C=C(C)C(=O)OCC(CC)CCCC.C=C(C)C(=O)OCCN.C=C(C)C(=O)OCCNS(=O)(=O)c1ccc(C(=C2C=CC(=[N+](CC)CC)C=C2)c2ccc(N(CC)CC)cc2)c(S(=O)(=O)[O-])c1.CCN(CC)c1ccc(C(=C2C=CC(=[N+](CC)CC)C=C2)c2ccc(S(=O)(=O)[O-])cc2S(=O)(=O)[O-])cc1.Cl.[Na+]. The fraction of sp³-hybridized carbons (Fsp3) is 0.397. The minimum Gasteiger partial charge on any atom is -0.744 e. The molecular formula is C78H106ClN6NaO17S4. The molecule has 0 saturated carbocycles. The van der Waals surface area contributed by atoms with Crippen molar-refractivity contribution in [3.05, 3.63) is 203 Å². The van der Waals surface area contributed by atoms with E-state index < -0.39 is 65.9 Å². The van der Waals surface area contributed by atoms with Crippen LogP contribution < -0.4 is 49.8 Å². The minimum atomic E-state index is -5.14. The van der Waals surface area contributed by atoms with Gasteiger partial charge in [0.2, 0.25) is 10.0 Å². The molecule has 3 N–H and O–H groups in total. The van der Waals surface area contributed by atoms with Crippen molar-refractivity contribution < 1.29 is 115 Å². The van der Waals surface area contributed by atoms with Gasteiger partial charge in [-0.15, -0.1) is 12.4 Å². The Balaban J connectivity index is 0.000000822. The van der Waals surface area contributed by atoms with E-state index in [1.807, 2.05) is 125 Å². The van der Waals surface area contributed by atoms with Crippen LogP contribution in [0, 0.1) is 5.92 Å². The first kappa shape index (κ1) is 97.8. The number of nitrogens with zero attached hydrogens (tertiary/aromatic N) is 4. The second-order valence-corrected chi connectivity index (χ2v) is 30.0. The molecule has 0 fully saturated rings. The van der Waals surface area contributed by atoms with Crippen molar-refractivity contribution in [3.63, 3.8) is 0 Å². The van der Waals surface area contributed by atoms with Crippen LogP contribution in [-0.4, -0.2) is 171 Å². The first-order chi connectivity index (χ1) is 49.5. The number of ether oxygens (including phenoxy) is 3. The predicted molar refractivity (Wildman–Crippen MR) is 420 cm³/mol. The molecule has 0 saturated heterocycles. The van der Waals surface area contributed by atoms with Crippen molar-refractivity contribution >= 4 is 105 Å². The molecule has 582 valence electrons. The average Bonchev–Trinajstić information content (AvgIpc) is 0.771. The molecule has 6 rings (SSSR count). The second-order valence-electron chi connectivity index (χ2n) is 24.1. The average molecular weight is 1590 g/mol. The Bertz CT molecular complexity index is 4410. The number of sulfonamides is 1. The van der Waals surface area contributed by atoms with E-state index in [0.29, 0.717) is 69.7 Å². The van der Waals surface area contributed by atoms with Crippen LogP contribution in [0.15, 0.2) is 201 Å². The van der Waals surface area contributed by atoms with Crippen molar-refractivity contribution in [1.82, 2.24) is 4.72 Å². The van der Waals surface area contributed by atoms with Gasteiger partial charge in [-0.25, -0.2) is 61.9 Å². The van der Waals surface area contributed by atoms with E-state index >= 15 is 0 Å². The van der Waals surface area contributed by atoms with E-state index in [-0.39, 0.29) is 90.4 Å². The molecule has 0 aliphatic heterocycles. The quantitative estimate of drug-likeness (QED) is 0.00855. The molecule has 0 bridgehead atoms. The summed E-state index contributed by atoms with van der Waals surface area (Å²) >= 11 is 0. The Kier molecular flexibility index (Phi) is 43.6. The number of unbranched alkanes of at least 4 members (excludes halogenated alkanes) is 1. The van der Waals surface area contributed by atoms with Gasteiger partial charge >= 0.3 is 47.5 Å². The number of rotatable bonds is 33. The van der Waals surface area contributed by atoms with Crippen molar-refractivity contribution in [2.24, 2.45) is 11.7 Å². The molecule has 0 amide bonds. The molecule has 107 heavy (non-hydrogen) atoms. The summed E-state index contributed by atoms with van der Waals surface area (Å²) < 4.78 is 157. The molecule has 4 aromatic rings. The molecule has 2 aliphatic carbocycles. The van der Waals surface area contributed by atoms with E-state index in [4.69, 9.17) is 15.2 Å². The maximum absolute atomic E-state index is 13.0. The Hall–Kier alpha value is -7.22. The van der Waals surface area contributed by atoms with Gasteiger partial charge in [0.15, 0.2) is 11.4 Å². The number of hydrogen-bond acceptors (Lipinski definition) is 20. The van der Waals surface area contributed by atoms with Crippen molar-refractivity contribution in [1.29, 1.82) is 0 Å². The Morgan fingerprint density at radius 3 is 1.18 bits per heavy atom. The van der Waals surface area contributed by atoms with Crippen LogP contribution in [0.25, 0.3) is 11.1 Å². The maximum atomic E-state index is 13.0. The predicted octanol–water partition coefficient (Wildman–Crippen LogP) is 8.83. The molecule has 0 heterocycles. The van der Waals surface area contributed by atoms with E-state index in [1.54, 1.807) is 13.8 Å². The number of esters is 3. The van der Waals surface area contributed by atoms with Gasteiger partial charge < -0.3 is 43.4 Å². The van der Waals surface area contributed by atoms with E-state index in [0.717, 1.165) is 100 Å². The molecule has 0 spiro atoms. The third kappa shape index (κ3) is 30.6. The number of carbonyl (C=O) groups excluding carboxylic acids is 3. The number of nitrogens with one attached hydrogen (secondary N) is 1. The number of allylic oxidation sites excluding steroid dienone is 10.